The van der Waals surface area contributed by atoms with Crippen LogP contribution in [0.2, 0.25) is 5.02 Å². The molecule has 0 aliphatic rings. The summed E-state index contributed by atoms with van der Waals surface area (Å²) in [6.45, 7) is 1.10. The topological polar surface area (TPSA) is 86.7 Å². The second-order valence-electron chi connectivity index (χ2n) is 3.38. The highest BCUT2D eigenvalue weighted by Crippen LogP contribution is 2.21. The first-order chi connectivity index (χ1) is 8.36. The van der Waals surface area contributed by atoms with Crippen LogP contribution in [0.4, 0.5) is 5.69 Å². The normalized spacial score (nSPS) is 11.2. The smallest absolute Gasteiger partial charge is 0.324 e. The third-order valence-corrected chi connectivity index (χ3v) is 3.80. The first kappa shape index (κ1) is 14.7. The zero-order chi connectivity index (χ0) is 13.8. The van der Waals surface area contributed by atoms with Crippen molar-refractivity contribution in [3.8, 4) is 0 Å². The summed E-state index contributed by atoms with van der Waals surface area (Å²) in [7, 11) is -3.89. The first-order valence-corrected chi connectivity index (χ1v) is 6.93. The monoisotopic (exact) mass is 292 g/mol. The minimum Gasteiger partial charge on any atom is -0.480 e. The molecule has 6 nitrogen and oxygen atoms in total. The SMILES string of the molecule is CCNS(=O)(=O)N(CC(=O)O)c1cccc(Cl)c1. The fourth-order valence-electron chi connectivity index (χ4n) is 1.33. The van der Waals surface area contributed by atoms with Crippen molar-refractivity contribution in [2.24, 2.45) is 0 Å². The number of aliphatic carboxylic acids is 1. The Hall–Kier alpha value is -1.31. The molecule has 1 aromatic rings. The van der Waals surface area contributed by atoms with Crippen molar-refractivity contribution < 1.29 is 18.3 Å². The predicted molar refractivity (Wildman–Crippen MR) is 69.0 cm³/mol. The van der Waals surface area contributed by atoms with E-state index in [9.17, 15) is 13.2 Å². The number of hydrogen-bond donors (Lipinski definition) is 2. The maximum Gasteiger partial charge on any atom is 0.324 e. The lowest BCUT2D eigenvalue weighted by Gasteiger charge is -2.22. The van der Waals surface area contributed by atoms with E-state index in [2.05, 4.69) is 4.72 Å². The van der Waals surface area contributed by atoms with Crippen molar-refractivity contribution in [3.05, 3.63) is 29.3 Å². The van der Waals surface area contributed by atoms with Gasteiger partial charge in [-0.3, -0.25) is 4.79 Å². The van der Waals surface area contributed by atoms with Crippen LogP contribution in [0.15, 0.2) is 24.3 Å². The average molecular weight is 293 g/mol. The van der Waals surface area contributed by atoms with Gasteiger partial charge in [0.25, 0.3) is 0 Å². The maximum atomic E-state index is 11.9. The summed E-state index contributed by atoms with van der Waals surface area (Å²) in [5.74, 6) is -1.25. The Morgan fingerprint density at radius 2 is 2.17 bits per heavy atom. The Morgan fingerprint density at radius 3 is 2.67 bits per heavy atom. The van der Waals surface area contributed by atoms with Crippen LogP contribution in [0.1, 0.15) is 6.92 Å². The highest BCUT2D eigenvalue weighted by molar-refractivity contribution is 7.90. The number of carboxylic acids is 1. The molecule has 0 amide bonds. The van der Waals surface area contributed by atoms with Crippen molar-refractivity contribution in [2.75, 3.05) is 17.4 Å². The van der Waals surface area contributed by atoms with E-state index >= 15 is 0 Å². The van der Waals surface area contributed by atoms with Crippen LogP contribution >= 0.6 is 11.6 Å². The van der Waals surface area contributed by atoms with Gasteiger partial charge < -0.3 is 5.11 Å². The molecule has 100 valence electrons. The summed E-state index contributed by atoms with van der Waals surface area (Å²) >= 11 is 5.76. The van der Waals surface area contributed by atoms with E-state index in [0.29, 0.717) is 5.02 Å². The van der Waals surface area contributed by atoms with Crippen LogP contribution in [-0.4, -0.2) is 32.6 Å². The molecule has 0 bridgehead atoms. The summed E-state index contributed by atoms with van der Waals surface area (Å²) < 4.78 is 26.8. The summed E-state index contributed by atoms with van der Waals surface area (Å²) in [5, 5.41) is 9.11. The molecule has 0 atom stereocenters. The van der Waals surface area contributed by atoms with Crippen LogP contribution in [0.3, 0.4) is 0 Å². The summed E-state index contributed by atoms with van der Waals surface area (Å²) in [6.07, 6.45) is 0. The van der Waals surface area contributed by atoms with Crippen LogP contribution in [-0.2, 0) is 15.0 Å². The lowest BCUT2D eigenvalue weighted by atomic mass is 10.3. The molecule has 0 aromatic heterocycles. The van der Waals surface area contributed by atoms with E-state index in [1.807, 2.05) is 0 Å². The zero-order valence-corrected chi connectivity index (χ0v) is 11.2. The second kappa shape index (κ2) is 6.03. The van der Waals surface area contributed by atoms with Gasteiger partial charge in [-0.2, -0.15) is 13.1 Å². The third kappa shape index (κ3) is 3.86. The molecule has 8 heteroatoms. The number of rotatable bonds is 6. The number of halogens is 1. The Kier molecular flexibility index (Phi) is 4.94. The highest BCUT2D eigenvalue weighted by atomic mass is 35.5. The molecule has 0 saturated heterocycles. The van der Waals surface area contributed by atoms with E-state index in [-0.39, 0.29) is 12.2 Å². The van der Waals surface area contributed by atoms with Crippen molar-refractivity contribution in [3.63, 3.8) is 0 Å². The van der Waals surface area contributed by atoms with E-state index in [1.54, 1.807) is 19.1 Å². The number of carboxylic acid groups (broad SMARTS) is 1. The number of hydrogen-bond acceptors (Lipinski definition) is 3. The molecule has 1 rings (SSSR count). The molecule has 0 unspecified atom stereocenters. The fraction of sp³-hybridized carbons (Fsp3) is 0.300. The molecular weight excluding hydrogens is 280 g/mol. The van der Waals surface area contributed by atoms with Gasteiger partial charge in [-0.1, -0.05) is 24.6 Å². The average Bonchev–Trinajstić information content (AvgIpc) is 2.25. The maximum absolute atomic E-state index is 11.9. The molecule has 0 saturated carbocycles. The van der Waals surface area contributed by atoms with Crippen molar-refractivity contribution in [1.82, 2.24) is 4.72 Å². The predicted octanol–water partition coefficient (Wildman–Crippen LogP) is 1.09. The van der Waals surface area contributed by atoms with Gasteiger partial charge in [0.15, 0.2) is 0 Å². The minimum atomic E-state index is -3.89. The number of carbonyl (C=O) groups is 1. The van der Waals surface area contributed by atoms with Gasteiger partial charge in [-0.15, -0.1) is 0 Å². The van der Waals surface area contributed by atoms with E-state index in [0.717, 1.165) is 4.31 Å². The largest absolute Gasteiger partial charge is 0.480 e. The molecule has 0 radical (unpaired) electrons. The van der Waals surface area contributed by atoms with Gasteiger partial charge in [0.05, 0.1) is 5.69 Å². The van der Waals surface area contributed by atoms with Crippen molar-refractivity contribution >= 4 is 33.5 Å². The molecule has 1 aromatic carbocycles. The molecular formula is C10H13ClN2O4S. The van der Waals surface area contributed by atoms with Crippen LogP contribution in [0.5, 0.6) is 0 Å². The van der Waals surface area contributed by atoms with Crippen LogP contribution in [0, 0.1) is 0 Å². The van der Waals surface area contributed by atoms with E-state index in [4.69, 9.17) is 16.7 Å². The zero-order valence-electron chi connectivity index (χ0n) is 9.63. The standard InChI is InChI=1S/C10H13ClN2O4S/c1-2-12-18(16,17)13(7-10(14)15)9-5-3-4-8(11)6-9/h3-6,12H,2,7H2,1H3,(H,14,15). The van der Waals surface area contributed by atoms with Crippen molar-refractivity contribution in [2.45, 2.75) is 6.92 Å². The van der Waals surface area contributed by atoms with Gasteiger partial charge >= 0.3 is 16.2 Å². The van der Waals surface area contributed by atoms with Crippen LogP contribution < -0.4 is 9.03 Å². The molecule has 0 aliphatic carbocycles. The van der Waals surface area contributed by atoms with E-state index in [1.165, 1.54) is 12.1 Å². The van der Waals surface area contributed by atoms with Crippen molar-refractivity contribution in [1.29, 1.82) is 0 Å². The molecule has 0 aliphatic heterocycles. The van der Waals surface area contributed by atoms with Gasteiger partial charge in [0, 0.05) is 11.6 Å². The molecule has 18 heavy (non-hydrogen) atoms. The van der Waals surface area contributed by atoms with E-state index < -0.39 is 22.7 Å². The fourth-order valence-corrected chi connectivity index (χ4v) is 2.71. The van der Waals surface area contributed by atoms with Gasteiger partial charge in [-0.05, 0) is 18.2 Å². The molecule has 0 fully saturated rings. The Labute approximate surface area is 110 Å². The van der Waals surface area contributed by atoms with Crippen LogP contribution in [0.25, 0.3) is 0 Å². The molecule has 0 heterocycles. The number of nitrogens with one attached hydrogen (secondary N) is 1. The van der Waals surface area contributed by atoms with Gasteiger partial charge in [-0.25, -0.2) is 4.31 Å². The highest BCUT2D eigenvalue weighted by Gasteiger charge is 2.24. The Balaban J connectivity index is 3.17. The summed E-state index contributed by atoms with van der Waals surface area (Å²) in [4.78, 5) is 10.8. The number of benzene rings is 1. The molecule has 2 N–H and O–H groups in total. The second-order valence-corrected chi connectivity index (χ2v) is 5.50. The minimum absolute atomic E-state index is 0.166. The Bertz CT molecular complexity index is 532. The Morgan fingerprint density at radius 1 is 1.50 bits per heavy atom. The first-order valence-electron chi connectivity index (χ1n) is 5.11. The molecule has 0 spiro atoms. The lowest BCUT2D eigenvalue weighted by Crippen LogP contribution is -2.43. The lowest BCUT2D eigenvalue weighted by molar-refractivity contribution is -0.135. The third-order valence-electron chi connectivity index (χ3n) is 1.99. The number of anilines is 1. The van der Waals surface area contributed by atoms with Gasteiger partial charge in [0.2, 0.25) is 0 Å². The van der Waals surface area contributed by atoms with Gasteiger partial charge in [0.1, 0.15) is 6.54 Å². The summed E-state index contributed by atoms with van der Waals surface area (Å²) in [5.41, 5.74) is 0.200. The summed E-state index contributed by atoms with van der Waals surface area (Å²) in [6, 6.07) is 5.99. The number of nitrogens with zero attached hydrogens (tertiary/aromatic N) is 1. The quantitative estimate of drug-likeness (QED) is 0.821.